The summed E-state index contributed by atoms with van der Waals surface area (Å²) in [6.45, 7) is 4.98. The molecule has 1 amide bonds. The first-order valence-corrected chi connectivity index (χ1v) is 6.68. The van der Waals surface area contributed by atoms with Crippen LogP contribution in [0.1, 0.15) is 20.8 Å². The number of hydrogen-bond donors (Lipinski definition) is 1. The van der Waals surface area contributed by atoms with Gasteiger partial charge in [0, 0.05) is 6.07 Å². The molecule has 0 aliphatic carbocycles. The molecule has 6 nitrogen and oxygen atoms in total. The molecular weight excluding hydrogens is 293 g/mol. The van der Waals surface area contributed by atoms with E-state index in [9.17, 15) is 14.0 Å². The van der Waals surface area contributed by atoms with Gasteiger partial charge in [-0.1, -0.05) is 6.07 Å². The molecule has 0 saturated heterocycles. The number of rotatable bonds is 5. The van der Waals surface area contributed by atoms with Gasteiger partial charge in [0.05, 0.1) is 13.7 Å². The van der Waals surface area contributed by atoms with Gasteiger partial charge in [0.15, 0.2) is 0 Å². The van der Waals surface area contributed by atoms with Crippen molar-refractivity contribution in [2.75, 3.05) is 13.7 Å². The Bertz CT molecular complexity index is 527. The molecule has 1 unspecified atom stereocenters. The van der Waals surface area contributed by atoms with Crippen molar-refractivity contribution in [3.8, 4) is 5.75 Å². The number of nitrogens with one attached hydrogen (secondary N) is 1. The van der Waals surface area contributed by atoms with Crippen LogP contribution in [-0.4, -0.2) is 37.4 Å². The summed E-state index contributed by atoms with van der Waals surface area (Å²) in [4.78, 5) is 23.2. The number of ether oxygens (including phenoxy) is 3. The van der Waals surface area contributed by atoms with Gasteiger partial charge in [0.1, 0.15) is 17.2 Å². The molecule has 0 aromatic heterocycles. The minimum atomic E-state index is -1.11. The minimum Gasteiger partial charge on any atom is -0.477 e. The molecule has 0 heterocycles. The van der Waals surface area contributed by atoms with E-state index < -0.39 is 29.6 Å². The van der Waals surface area contributed by atoms with Crippen LogP contribution in [0.3, 0.4) is 0 Å². The van der Waals surface area contributed by atoms with E-state index in [4.69, 9.17) is 9.47 Å². The molecule has 22 heavy (non-hydrogen) atoms. The zero-order chi connectivity index (χ0) is 16.8. The van der Waals surface area contributed by atoms with Crippen LogP contribution in [0.25, 0.3) is 0 Å². The lowest BCUT2D eigenvalue weighted by molar-refractivity contribution is -0.148. The van der Waals surface area contributed by atoms with Crippen LogP contribution in [0.15, 0.2) is 24.3 Å². The summed E-state index contributed by atoms with van der Waals surface area (Å²) < 4.78 is 28.1. The molecule has 1 atom stereocenters. The van der Waals surface area contributed by atoms with Crippen molar-refractivity contribution < 1.29 is 28.2 Å². The summed E-state index contributed by atoms with van der Waals surface area (Å²) in [7, 11) is 1.19. The molecule has 0 aliphatic heterocycles. The van der Waals surface area contributed by atoms with E-state index in [1.807, 2.05) is 0 Å². The first-order valence-electron chi connectivity index (χ1n) is 6.68. The van der Waals surface area contributed by atoms with Gasteiger partial charge in [-0.3, -0.25) is 0 Å². The summed E-state index contributed by atoms with van der Waals surface area (Å²) in [6, 6.07) is 5.31. The van der Waals surface area contributed by atoms with Gasteiger partial charge >= 0.3 is 12.1 Å². The Morgan fingerprint density at radius 1 is 1.32 bits per heavy atom. The van der Waals surface area contributed by atoms with Gasteiger partial charge < -0.3 is 19.5 Å². The van der Waals surface area contributed by atoms with Crippen molar-refractivity contribution in [3.63, 3.8) is 0 Å². The Balaban J connectivity index is 2.66. The second-order valence-electron chi connectivity index (χ2n) is 5.47. The summed E-state index contributed by atoms with van der Waals surface area (Å²) in [5, 5.41) is 2.41. The number of methoxy groups -OCH3 is 1. The van der Waals surface area contributed by atoms with Crippen molar-refractivity contribution in [2.24, 2.45) is 0 Å². The van der Waals surface area contributed by atoms with E-state index in [-0.39, 0.29) is 12.3 Å². The fourth-order valence-corrected chi connectivity index (χ4v) is 1.50. The predicted molar refractivity (Wildman–Crippen MR) is 77.1 cm³/mol. The van der Waals surface area contributed by atoms with Crippen LogP contribution < -0.4 is 10.1 Å². The van der Waals surface area contributed by atoms with Crippen molar-refractivity contribution in [2.45, 2.75) is 32.5 Å². The molecule has 122 valence electrons. The highest BCUT2D eigenvalue weighted by molar-refractivity contribution is 5.76. The third-order valence-electron chi connectivity index (χ3n) is 2.37. The molecule has 1 aromatic carbocycles. The zero-order valence-corrected chi connectivity index (χ0v) is 13.0. The number of alkyl carbamates (subject to hydrolysis) is 1. The number of carbonyl (C=O) groups excluding carboxylic acids is 2. The van der Waals surface area contributed by atoms with Crippen LogP contribution >= 0.6 is 0 Å². The second-order valence-corrected chi connectivity index (χ2v) is 5.47. The summed E-state index contributed by atoms with van der Waals surface area (Å²) in [5.74, 6) is -1.04. The zero-order valence-electron chi connectivity index (χ0n) is 13.0. The molecule has 0 aliphatic rings. The van der Waals surface area contributed by atoms with E-state index in [0.29, 0.717) is 0 Å². The molecule has 0 fully saturated rings. The molecule has 0 radical (unpaired) electrons. The van der Waals surface area contributed by atoms with Crippen LogP contribution in [0.4, 0.5) is 9.18 Å². The maximum atomic E-state index is 13.1. The molecule has 0 bridgehead atoms. The third-order valence-corrected chi connectivity index (χ3v) is 2.37. The predicted octanol–water partition coefficient (Wildman–Crippen LogP) is 2.27. The van der Waals surface area contributed by atoms with Crippen LogP contribution in [0.5, 0.6) is 5.75 Å². The Hall–Kier alpha value is -2.31. The average molecular weight is 313 g/mol. The van der Waals surface area contributed by atoms with Crippen molar-refractivity contribution in [1.82, 2.24) is 5.32 Å². The van der Waals surface area contributed by atoms with E-state index >= 15 is 0 Å². The first-order chi connectivity index (χ1) is 10.2. The van der Waals surface area contributed by atoms with Gasteiger partial charge in [-0.05, 0) is 32.9 Å². The van der Waals surface area contributed by atoms with E-state index in [2.05, 4.69) is 10.1 Å². The van der Waals surface area contributed by atoms with Gasteiger partial charge in [-0.2, -0.15) is 0 Å². The second kappa shape index (κ2) is 7.63. The fourth-order valence-electron chi connectivity index (χ4n) is 1.50. The Kier molecular flexibility index (Phi) is 6.15. The first kappa shape index (κ1) is 17.7. The molecule has 1 rings (SSSR count). The number of carbonyl (C=O) groups is 2. The quantitative estimate of drug-likeness (QED) is 0.844. The third kappa shape index (κ3) is 6.43. The van der Waals surface area contributed by atoms with Gasteiger partial charge in [0.2, 0.25) is 6.10 Å². The molecule has 0 saturated carbocycles. The monoisotopic (exact) mass is 313 g/mol. The summed E-state index contributed by atoms with van der Waals surface area (Å²) in [5.41, 5.74) is -0.658. The van der Waals surface area contributed by atoms with E-state index in [1.54, 1.807) is 20.8 Å². The van der Waals surface area contributed by atoms with E-state index in [0.717, 1.165) is 6.07 Å². The van der Waals surface area contributed by atoms with Gasteiger partial charge in [0.25, 0.3) is 0 Å². The van der Waals surface area contributed by atoms with Crippen molar-refractivity contribution in [3.05, 3.63) is 30.1 Å². The van der Waals surface area contributed by atoms with Crippen molar-refractivity contribution in [1.29, 1.82) is 0 Å². The van der Waals surface area contributed by atoms with E-state index in [1.165, 1.54) is 25.3 Å². The minimum absolute atomic E-state index is 0.154. The number of esters is 1. The fraction of sp³-hybridized carbons (Fsp3) is 0.467. The van der Waals surface area contributed by atoms with Gasteiger partial charge in [-0.15, -0.1) is 0 Å². The van der Waals surface area contributed by atoms with Gasteiger partial charge in [-0.25, -0.2) is 14.0 Å². The Morgan fingerprint density at radius 2 is 2.00 bits per heavy atom. The number of amides is 1. The largest absolute Gasteiger partial charge is 0.477 e. The molecule has 0 spiro atoms. The van der Waals surface area contributed by atoms with Crippen LogP contribution in [-0.2, 0) is 14.3 Å². The summed E-state index contributed by atoms with van der Waals surface area (Å²) in [6.07, 6.45) is -1.80. The molecule has 1 N–H and O–H groups in total. The standard InChI is InChI=1S/C15H20FNO5/c1-15(2,3)22-14(19)17-9-12(13(18)20-4)21-11-7-5-6-10(16)8-11/h5-8,12H,9H2,1-4H3,(H,17,19). The van der Waals surface area contributed by atoms with Crippen LogP contribution in [0, 0.1) is 5.82 Å². The molecule has 7 heteroatoms. The molecule has 1 aromatic rings. The van der Waals surface area contributed by atoms with Crippen molar-refractivity contribution >= 4 is 12.1 Å². The Labute approximate surface area is 128 Å². The SMILES string of the molecule is COC(=O)C(CNC(=O)OC(C)(C)C)Oc1cccc(F)c1. The maximum absolute atomic E-state index is 13.1. The lowest BCUT2D eigenvalue weighted by atomic mass is 10.2. The highest BCUT2D eigenvalue weighted by Crippen LogP contribution is 2.14. The lowest BCUT2D eigenvalue weighted by Crippen LogP contribution is -2.42. The molecular formula is C15H20FNO5. The highest BCUT2D eigenvalue weighted by atomic mass is 19.1. The normalized spacial score (nSPS) is 12.2. The number of benzene rings is 1. The average Bonchev–Trinajstić information content (AvgIpc) is 2.40. The highest BCUT2D eigenvalue weighted by Gasteiger charge is 2.24. The smallest absolute Gasteiger partial charge is 0.407 e. The number of hydrogen-bond acceptors (Lipinski definition) is 5. The summed E-state index contributed by atoms with van der Waals surface area (Å²) >= 11 is 0. The lowest BCUT2D eigenvalue weighted by Gasteiger charge is -2.21. The topological polar surface area (TPSA) is 73.9 Å². The number of halogens is 1. The van der Waals surface area contributed by atoms with Crippen LogP contribution in [0.2, 0.25) is 0 Å². The maximum Gasteiger partial charge on any atom is 0.407 e. The Morgan fingerprint density at radius 3 is 2.55 bits per heavy atom.